The number of carbonyl (C=O) groups is 2. The Morgan fingerprint density at radius 2 is 1.89 bits per heavy atom. The van der Waals surface area contributed by atoms with Gasteiger partial charge in [0.2, 0.25) is 0 Å². The summed E-state index contributed by atoms with van der Waals surface area (Å²) in [4.78, 5) is 22.7. The first-order chi connectivity index (χ1) is 8.66. The van der Waals surface area contributed by atoms with E-state index in [1.54, 1.807) is 19.2 Å². The Morgan fingerprint density at radius 3 is 2.50 bits per heavy atom. The van der Waals surface area contributed by atoms with Crippen LogP contribution in [0.15, 0.2) is 24.3 Å². The Morgan fingerprint density at radius 1 is 1.22 bits per heavy atom. The number of hydrogen-bond donors (Lipinski definition) is 2. The molecule has 0 atom stereocenters. The summed E-state index contributed by atoms with van der Waals surface area (Å²) in [5.41, 5.74) is 0.212. The number of hydrogen-bond acceptors (Lipinski definition) is 3. The molecule has 0 spiro atoms. The van der Waals surface area contributed by atoms with E-state index in [4.69, 9.17) is 9.84 Å². The highest BCUT2D eigenvalue weighted by Gasteiger charge is 2.14. The van der Waals surface area contributed by atoms with E-state index in [0.717, 1.165) is 12.8 Å². The smallest absolute Gasteiger partial charge is 0.336 e. The largest absolute Gasteiger partial charge is 0.478 e. The fraction of sp³-hybridized carbons (Fsp3) is 0.385. The molecule has 1 rings (SSSR count). The van der Waals surface area contributed by atoms with Gasteiger partial charge in [0.25, 0.3) is 5.91 Å². The maximum atomic E-state index is 11.8. The lowest BCUT2D eigenvalue weighted by Crippen LogP contribution is -2.26. The Hall–Kier alpha value is -1.88. The Balaban J connectivity index is 2.54. The zero-order chi connectivity index (χ0) is 13.4. The summed E-state index contributed by atoms with van der Waals surface area (Å²) in [7, 11) is 1.63. The third-order valence-electron chi connectivity index (χ3n) is 2.46. The lowest BCUT2D eigenvalue weighted by Gasteiger charge is -2.07. The molecule has 0 aliphatic rings. The highest BCUT2D eigenvalue weighted by molar-refractivity contribution is 6.04. The van der Waals surface area contributed by atoms with Gasteiger partial charge in [-0.25, -0.2) is 4.79 Å². The number of rotatable bonds is 7. The zero-order valence-corrected chi connectivity index (χ0v) is 10.3. The summed E-state index contributed by atoms with van der Waals surface area (Å²) in [6.45, 7) is 1.16. The highest BCUT2D eigenvalue weighted by Crippen LogP contribution is 2.08. The first kappa shape index (κ1) is 14.2. The number of ether oxygens (including phenoxy) is 1. The van der Waals surface area contributed by atoms with Crippen LogP contribution in [0.1, 0.15) is 33.6 Å². The second-order valence-electron chi connectivity index (χ2n) is 3.81. The van der Waals surface area contributed by atoms with Gasteiger partial charge in [-0.05, 0) is 25.0 Å². The van der Waals surface area contributed by atoms with Crippen molar-refractivity contribution in [2.45, 2.75) is 12.8 Å². The lowest BCUT2D eigenvalue weighted by molar-refractivity contribution is 0.0691. The number of benzene rings is 1. The van der Waals surface area contributed by atoms with Crippen LogP contribution in [0.3, 0.4) is 0 Å². The van der Waals surface area contributed by atoms with Crippen molar-refractivity contribution in [3.63, 3.8) is 0 Å². The first-order valence-electron chi connectivity index (χ1n) is 5.76. The number of unbranched alkanes of at least 4 members (excludes halogenated alkanes) is 1. The van der Waals surface area contributed by atoms with E-state index in [9.17, 15) is 9.59 Å². The molecule has 0 aliphatic heterocycles. The molecule has 18 heavy (non-hydrogen) atoms. The van der Waals surface area contributed by atoms with Crippen molar-refractivity contribution in [3.8, 4) is 0 Å². The Kier molecular flexibility index (Phi) is 5.87. The highest BCUT2D eigenvalue weighted by atomic mass is 16.5. The van der Waals surface area contributed by atoms with Crippen LogP contribution in [-0.4, -0.2) is 37.2 Å². The third kappa shape index (κ3) is 4.18. The minimum Gasteiger partial charge on any atom is -0.478 e. The third-order valence-corrected chi connectivity index (χ3v) is 2.46. The van der Waals surface area contributed by atoms with Gasteiger partial charge in [0, 0.05) is 20.3 Å². The van der Waals surface area contributed by atoms with Crippen molar-refractivity contribution < 1.29 is 19.4 Å². The summed E-state index contributed by atoms with van der Waals surface area (Å²) in [6, 6.07) is 6.17. The van der Waals surface area contributed by atoms with Crippen LogP contribution in [0.25, 0.3) is 0 Å². The molecular formula is C13H17NO4. The number of carboxylic acids is 1. The van der Waals surface area contributed by atoms with Crippen LogP contribution in [0.4, 0.5) is 0 Å². The number of carboxylic acid groups (broad SMARTS) is 1. The molecule has 1 aromatic carbocycles. The molecule has 0 heterocycles. The molecule has 0 fully saturated rings. The maximum Gasteiger partial charge on any atom is 0.336 e. The summed E-state index contributed by atoms with van der Waals surface area (Å²) in [5.74, 6) is -1.45. The van der Waals surface area contributed by atoms with Gasteiger partial charge in [0.15, 0.2) is 0 Å². The van der Waals surface area contributed by atoms with Gasteiger partial charge < -0.3 is 15.2 Å². The fourth-order valence-corrected chi connectivity index (χ4v) is 1.54. The van der Waals surface area contributed by atoms with Gasteiger partial charge in [0.1, 0.15) is 0 Å². The summed E-state index contributed by atoms with van der Waals surface area (Å²) >= 11 is 0. The predicted molar refractivity (Wildman–Crippen MR) is 66.8 cm³/mol. The number of methoxy groups -OCH3 is 1. The average Bonchev–Trinajstić information content (AvgIpc) is 2.38. The Bertz CT molecular complexity index is 417. The van der Waals surface area contributed by atoms with Gasteiger partial charge in [-0.2, -0.15) is 0 Å². The van der Waals surface area contributed by atoms with E-state index < -0.39 is 5.97 Å². The molecule has 0 aromatic heterocycles. The van der Waals surface area contributed by atoms with Crippen LogP contribution in [0, 0.1) is 0 Å². The fourth-order valence-electron chi connectivity index (χ4n) is 1.54. The number of aromatic carboxylic acids is 1. The number of carbonyl (C=O) groups excluding carboxylic acids is 1. The monoisotopic (exact) mass is 251 g/mol. The van der Waals surface area contributed by atoms with Crippen molar-refractivity contribution in [2.75, 3.05) is 20.3 Å². The van der Waals surface area contributed by atoms with Crippen LogP contribution in [0.5, 0.6) is 0 Å². The minimum absolute atomic E-state index is 0.0203. The van der Waals surface area contributed by atoms with E-state index in [1.165, 1.54) is 12.1 Å². The van der Waals surface area contributed by atoms with Crippen molar-refractivity contribution in [1.29, 1.82) is 0 Å². The van der Waals surface area contributed by atoms with E-state index in [1.807, 2.05) is 0 Å². The molecule has 0 saturated carbocycles. The molecule has 5 heteroatoms. The van der Waals surface area contributed by atoms with E-state index >= 15 is 0 Å². The van der Waals surface area contributed by atoms with Crippen LogP contribution < -0.4 is 5.32 Å². The maximum absolute atomic E-state index is 11.8. The summed E-state index contributed by atoms with van der Waals surface area (Å²) in [5, 5.41) is 11.7. The topological polar surface area (TPSA) is 75.6 Å². The standard InChI is InChI=1S/C13H17NO4/c1-18-9-5-4-8-14-12(15)10-6-2-3-7-11(10)13(16)17/h2-3,6-7H,4-5,8-9H2,1H3,(H,14,15)(H,16,17). The Labute approximate surface area is 106 Å². The first-order valence-corrected chi connectivity index (χ1v) is 5.76. The van der Waals surface area contributed by atoms with Crippen LogP contribution in [0.2, 0.25) is 0 Å². The molecular weight excluding hydrogens is 234 g/mol. The van der Waals surface area contributed by atoms with Crippen molar-refractivity contribution in [1.82, 2.24) is 5.32 Å². The SMILES string of the molecule is COCCCCNC(=O)c1ccccc1C(=O)O. The molecule has 2 N–H and O–H groups in total. The molecule has 0 bridgehead atoms. The van der Waals surface area contributed by atoms with Crippen molar-refractivity contribution >= 4 is 11.9 Å². The molecule has 1 amide bonds. The average molecular weight is 251 g/mol. The van der Waals surface area contributed by atoms with Gasteiger partial charge >= 0.3 is 5.97 Å². The molecule has 0 unspecified atom stereocenters. The second kappa shape index (κ2) is 7.45. The van der Waals surface area contributed by atoms with E-state index in [-0.39, 0.29) is 17.0 Å². The van der Waals surface area contributed by atoms with Crippen molar-refractivity contribution in [2.24, 2.45) is 0 Å². The normalized spacial score (nSPS) is 10.1. The predicted octanol–water partition coefficient (Wildman–Crippen LogP) is 1.54. The quantitative estimate of drug-likeness (QED) is 0.721. The summed E-state index contributed by atoms with van der Waals surface area (Å²) < 4.78 is 4.89. The molecule has 5 nitrogen and oxygen atoms in total. The number of amides is 1. The van der Waals surface area contributed by atoms with Gasteiger partial charge in [-0.3, -0.25) is 4.79 Å². The summed E-state index contributed by atoms with van der Waals surface area (Å²) in [6.07, 6.45) is 1.66. The van der Waals surface area contributed by atoms with E-state index in [2.05, 4.69) is 5.32 Å². The zero-order valence-electron chi connectivity index (χ0n) is 10.3. The van der Waals surface area contributed by atoms with Crippen LogP contribution in [-0.2, 0) is 4.74 Å². The van der Waals surface area contributed by atoms with Gasteiger partial charge in [-0.1, -0.05) is 12.1 Å². The number of nitrogens with one attached hydrogen (secondary N) is 1. The van der Waals surface area contributed by atoms with Crippen LogP contribution >= 0.6 is 0 Å². The minimum atomic E-state index is -1.10. The van der Waals surface area contributed by atoms with Gasteiger partial charge in [-0.15, -0.1) is 0 Å². The second-order valence-corrected chi connectivity index (χ2v) is 3.81. The molecule has 0 saturated heterocycles. The van der Waals surface area contributed by atoms with Gasteiger partial charge in [0.05, 0.1) is 11.1 Å². The lowest BCUT2D eigenvalue weighted by atomic mass is 10.1. The molecule has 0 radical (unpaired) electrons. The van der Waals surface area contributed by atoms with Crippen molar-refractivity contribution in [3.05, 3.63) is 35.4 Å². The van der Waals surface area contributed by atoms with E-state index in [0.29, 0.717) is 13.2 Å². The molecule has 0 aliphatic carbocycles. The molecule has 98 valence electrons. The molecule has 1 aromatic rings.